The van der Waals surface area contributed by atoms with Gasteiger partial charge in [0.05, 0.1) is 26.4 Å². The molecule has 6 heteroatoms. The van der Waals surface area contributed by atoms with Crippen molar-refractivity contribution < 1.29 is 18.9 Å². The Morgan fingerprint density at radius 1 is 0.536 bits per heavy atom. The first kappa shape index (κ1) is 20.6. The molecule has 2 aromatic rings. The van der Waals surface area contributed by atoms with Gasteiger partial charge in [-0.3, -0.25) is 0 Å². The fourth-order valence-corrected chi connectivity index (χ4v) is 2.94. The molecule has 0 amide bonds. The van der Waals surface area contributed by atoms with Crippen LogP contribution < -0.4 is 20.1 Å². The third kappa shape index (κ3) is 7.13. The van der Waals surface area contributed by atoms with Crippen LogP contribution in [-0.2, 0) is 22.6 Å². The lowest BCUT2D eigenvalue weighted by molar-refractivity contribution is 0.0985. The summed E-state index contributed by atoms with van der Waals surface area (Å²) < 4.78 is 23.1. The van der Waals surface area contributed by atoms with Crippen molar-refractivity contribution in [2.75, 3.05) is 52.7 Å². The molecule has 1 aliphatic rings. The van der Waals surface area contributed by atoms with E-state index in [-0.39, 0.29) is 0 Å². The number of nitrogens with one attached hydrogen (secondary N) is 2. The van der Waals surface area contributed by atoms with E-state index in [1.54, 1.807) is 0 Å². The molecule has 0 bridgehead atoms. The monoisotopic (exact) mass is 386 g/mol. The van der Waals surface area contributed by atoms with Crippen molar-refractivity contribution >= 4 is 0 Å². The highest BCUT2D eigenvalue weighted by atomic mass is 16.5. The van der Waals surface area contributed by atoms with Gasteiger partial charge in [0, 0.05) is 37.3 Å². The topological polar surface area (TPSA) is 61.0 Å². The molecule has 0 unspecified atom stereocenters. The summed E-state index contributed by atoms with van der Waals surface area (Å²) in [6.45, 7) is 6.53. The molecule has 1 aliphatic heterocycles. The standard InChI is InChI=1S/C22H30N2O4/c1-3-7-21-19(5-1)17-23-9-11-25-14-16-28-22-8-4-2-6-20(22)18-24-10-12-26-13-15-27-21/h1-8,23-24H,9-18H2. The van der Waals surface area contributed by atoms with Gasteiger partial charge in [-0.15, -0.1) is 0 Å². The minimum atomic E-state index is 0.538. The number of benzene rings is 2. The maximum atomic E-state index is 5.88. The molecule has 0 saturated heterocycles. The van der Waals surface area contributed by atoms with E-state index in [0.717, 1.165) is 48.8 Å². The van der Waals surface area contributed by atoms with Crippen molar-refractivity contribution in [1.82, 2.24) is 10.6 Å². The molecule has 152 valence electrons. The van der Waals surface area contributed by atoms with Crippen molar-refractivity contribution in [3.05, 3.63) is 59.7 Å². The summed E-state index contributed by atoms with van der Waals surface area (Å²) in [6, 6.07) is 16.2. The average Bonchev–Trinajstić information content (AvgIpc) is 2.73. The van der Waals surface area contributed by atoms with Crippen LogP contribution in [0.25, 0.3) is 0 Å². The van der Waals surface area contributed by atoms with Gasteiger partial charge in [-0.2, -0.15) is 0 Å². The van der Waals surface area contributed by atoms with Crippen LogP contribution in [0.15, 0.2) is 48.5 Å². The van der Waals surface area contributed by atoms with Gasteiger partial charge >= 0.3 is 0 Å². The Morgan fingerprint density at radius 3 is 1.50 bits per heavy atom. The number of hydrogen-bond donors (Lipinski definition) is 2. The lowest BCUT2D eigenvalue weighted by Gasteiger charge is -2.14. The molecule has 1 heterocycles. The molecular weight excluding hydrogens is 356 g/mol. The van der Waals surface area contributed by atoms with Crippen LogP contribution in [0.1, 0.15) is 11.1 Å². The van der Waals surface area contributed by atoms with E-state index in [4.69, 9.17) is 18.9 Å². The first-order valence-electron chi connectivity index (χ1n) is 9.92. The quantitative estimate of drug-likeness (QED) is 0.725. The smallest absolute Gasteiger partial charge is 0.123 e. The number of rotatable bonds is 0. The summed E-state index contributed by atoms with van der Waals surface area (Å²) in [4.78, 5) is 0. The molecule has 0 aliphatic carbocycles. The highest BCUT2D eigenvalue weighted by molar-refractivity contribution is 5.33. The summed E-state index contributed by atoms with van der Waals surface area (Å²) >= 11 is 0. The van der Waals surface area contributed by atoms with Crippen molar-refractivity contribution in [1.29, 1.82) is 0 Å². The normalized spacial score (nSPS) is 18.0. The first-order valence-corrected chi connectivity index (χ1v) is 9.92. The molecule has 0 spiro atoms. The van der Waals surface area contributed by atoms with Crippen LogP contribution in [0, 0.1) is 0 Å². The van der Waals surface area contributed by atoms with Crippen molar-refractivity contribution in [3.8, 4) is 11.5 Å². The Hall–Kier alpha value is -2.12. The molecule has 2 N–H and O–H groups in total. The molecular formula is C22H30N2O4. The molecule has 0 atom stereocenters. The van der Waals surface area contributed by atoms with E-state index in [1.807, 2.05) is 36.4 Å². The molecule has 0 aromatic heterocycles. The van der Waals surface area contributed by atoms with Gasteiger partial charge < -0.3 is 29.6 Å². The Morgan fingerprint density at radius 2 is 1.00 bits per heavy atom. The SMILES string of the molecule is c1ccc2c(c1)CNCCOCCOc1ccccc1CNCCOCCO2. The Bertz CT molecular complexity index is 578. The third-order valence-electron chi connectivity index (χ3n) is 4.39. The van der Waals surface area contributed by atoms with E-state index in [1.165, 1.54) is 0 Å². The van der Waals surface area contributed by atoms with E-state index in [2.05, 4.69) is 22.8 Å². The summed E-state index contributed by atoms with van der Waals surface area (Å²) in [5, 5.41) is 6.79. The predicted molar refractivity (Wildman–Crippen MR) is 109 cm³/mol. The minimum absolute atomic E-state index is 0.538. The molecule has 0 radical (unpaired) electrons. The maximum Gasteiger partial charge on any atom is 0.123 e. The van der Waals surface area contributed by atoms with Gasteiger partial charge in [0.25, 0.3) is 0 Å². The second-order valence-electron chi connectivity index (χ2n) is 6.49. The highest BCUT2D eigenvalue weighted by Gasteiger charge is 2.05. The van der Waals surface area contributed by atoms with Crippen molar-refractivity contribution in [2.24, 2.45) is 0 Å². The van der Waals surface area contributed by atoms with Crippen LogP contribution in [0.5, 0.6) is 11.5 Å². The fraction of sp³-hybridized carbons (Fsp3) is 0.455. The summed E-state index contributed by atoms with van der Waals surface area (Å²) in [7, 11) is 0. The molecule has 3 rings (SSSR count). The van der Waals surface area contributed by atoms with E-state index < -0.39 is 0 Å². The number of para-hydroxylation sites is 2. The van der Waals surface area contributed by atoms with Crippen LogP contribution in [0.4, 0.5) is 0 Å². The summed E-state index contributed by atoms with van der Waals surface area (Å²) in [6.07, 6.45) is 0. The predicted octanol–water partition coefficient (Wildman–Crippen LogP) is 2.37. The Labute approximate surface area is 167 Å². The first-order chi connectivity index (χ1) is 13.9. The summed E-state index contributed by atoms with van der Waals surface area (Å²) in [5.41, 5.74) is 2.28. The van der Waals surface area contributed by atoms with Gasteiger partial charge in [-0.05, 0) is 12.1 Å². The zero-order valence-corrected chi connectivity index (χ0v) is 16.3. The zero-order valence-electron chi connectivity index (χ0n) is 16.3. The van der Waals surface area contributed by atoms with E-state index >= 15 is 0 Å². The number of fused-ring (bicyclic) bond motifs is 2. The van der Waals surface area contributed by atoms with Gasteiger partial charge in [-0.25, -0.2) is 0 Å². The number of ether oxygens (including phenoxy) is 4. The van der Waals surface area contributed by atoms with Gasteiger partial charge in [-0.1, -0.05) is 36.4 Å². The van der Waals surface area contributed by atoms with Gasteiger partial charge in [0.2, 0.25) is 0 Å². The van der Waals surface area contributed by atoms with Crippen molar-refractivity contribution in [2.45, 2.75) is 13.1 Å². The minimum Gasteiger partial charge on any atom is -0.491 e. The highest BCUT2D eigenvalue weighted by Crippen LogP contribution is 2.18. The van der Waals surface area contributed by atoms with Gasteiger partial charge in [0.1, 0.15) is 24.7 Å². The van der Waals surface area contributed by atoms with Crippen LogP contribution in [0.3, 0.4) is 0 Å². The van der Waals surface area contributed by atoms with Crippen LogP contribution >= 0.6 is 0 Å². The van der Waals surface area contributed by atoms with E-state index in [9.17, 15) is 0 Å². The molecule has 0 fully saturated rings. The second-order valence-corrected chi connectivity index (χ2v) is 6.49. The van der Waals surface area contributed by atoms with Crippen LogP contribution in [-0.4, -0.2) is 52.7 Å². The largest absolute Gasteiger partial charge is 0.491 e. The zero-order chi connectivity index (χ0) is 19.3. The van der Waals surface area contributed by atoms with Crippen LogP contribution in [0.2, 0.25) is 0 Å². The third-order valence-corrected chi connectivity index (χ3v) is 4.39. The van der Waals surface area contributed by atoms with E-state index in [0.29, 0.717) is 39.6 Å². The second kappa shape index (κ2) is 12.4. The van der Waals surface area contributed by atoms with Crippen molar-refractivity contribution in [3.63, 3.8) is 0 Å². The molecule has 2 aromatic carbocycles. The maximum absolute atomic E-state index is 5.88. The fourth-order valence-electron chi connectivity index (χ4n) is 2.94. The van der Waals surface area contributed by atoms with Gasteiger partial charge in [0.15, 0.2) is 0 Å². The summed E-state index contributed by atoms with van der Waals surface area (Å²) in [5.74, 6) is 1.80. The number of hydrogen-bond acceptors (Lipinski definition) is 6. The lowest BCUT2D eigenvalue weighted by atomic mass is 10.2. The molecule has 0 saturated carbocycles. The Kier molecular flexibility index (Phi) is 9.10. The molecule has 6 nitrogen and oxygen atoms in total. The molecule has 28 heavy (non-hydrogen) atoms. The lowest BCUT2D eigenvalue weighted by Crippen LogP contribution is -2.22. The average molecular weight is 386 g/mol. The Balaban J connectivity index is 1.51.